The van der Waals surface area contributed by atoms with Crippen LogP contribution >= 0.6 is 0 Å². The molecule has 0 aromatic carbocycles. The van der Waals surface area contributed by atoms with E-state index in [1.165, 1.54) is 25.7 Å². The molecule has 1 unspecified atom stereocenters. The van der Waals surface area contributed by atoms with Crippen molar-refractivity contribution in [2.75, 3.05) is 26.2 Å². The normalized spacial score (nSPS) is 28.1. The molecule has 4 heteroatoms. The molecule has 1 atom stereocenters. The lowest BCUT2D eigenvalue weighted by molar-refractivity contribution is -0.124. The van der Waals surface area contributed by atoms with Gasteiger partial charge in [-0.1, -0.05) is 6.42 Å². The summed E-state index contributed by atoms with van der Waals surface area (Å²) < 4.78 is 0. The van der Waals surface area contributed by atoms with Gasteiger partial charge in [0.1, 0.15) is 0 Å². The van der Waals surface area contributed by atoms with Gasteiger partial charge in [0.05, 0.1) is 6.04 Å². The minimum Gasteiger partial charge on any atom is -0.368 e. The summed E-state index contributed by atoms with van der Waals surface area (Å²) in [6.45, 7) is 4.42. The van der Waals surface area contributed by atoms with Crippen molar-refractivity contribution >= 4 is 5.91 Å². The molecule has 0 saturated carbocycles. The highest BCUT2D eigenvalue weighted by Crippen LogP contribution is 2.21. The number of likely N-dealkylation sites (tertiary alicyclic amines) is 1. The monoisotopic (exact) mass is 239 g/mol. The number of primary amides is 1. The molecule has 2 aliphatic rings. The molecule has 0 aromatic rings. The lowest BCUT2D eigenvalue weighted by Crippen LogP contribution is -2.48. The summed E-state index contributed by atoms with van der Waals surface area (Å²) in [5, 5.41) is 3.39. The van der Waals surface area contributed by atoms with Crippen LogP contribution in [0.3, 0.4) is 0 Å². The predicted octanol–water partition coefficient (Wildman–Crippen LogP) is 0.716. The minimum absolute atomic E-state index is 0.00506. The number of hydrogen-bond donors (Lipinski definition) is 2. The molecular formula is C13H25N3O. The van der Waals surface area contributed by atoms with Crippen LogP contribution in [0.2, 0.25) is 0 Å². The molecule has 0 bridgehead atoms. The fraction of sp³-hybridized carbons (Fsp3) is 0.923. The van der Waals surface area contributed by atoms with Crippen molar-refractivity contribution in [3.05, 3.63) is 0 Å². The van der Waals surface area contributed by atoms with E-state index < -0.39 is 0 Å². The smallest absolute Gasteiger partial charge is 0.234 e. The van der Waals surface area contributed by atoms with E-state index in [2.05, 4.69) is 10.2 Å². The van der Waals surface area contributed by atoms with E-state index in [0.717, 1.165) is 44.9 Å². The van der Waals surface area contributed by atoms with Crippen LogP contribution in [-0.2, 0) is 4.79 Å². The highest BCUT2D eigenvalue weighted by Gasteiger charge is 2.27. The van der Waals surface area contributed by atoms with Gasteiger partial charge < -0.3 is 11.1 Å². The molecule has 2 saturated heterocycles. The molecule has 2 heterocycles. The number of carbonyl (C=O) groups is 1. The van der Waals surface area contributed by atoms with E-state index in [0.29, 0.717) is 0 Å². The predicted molar refractivity (Wildman–Crippen MR) is 68.6 cm³/mol. The van der Waals surface area contributed by atoms with Gasteiger partial charge in [-0.05, 0) is 64.2 Å². The first-order valence-electron chi connectivity index (χ1n) is 7.01. The first-order valence-corrected chi connectivity index (χ1v) is 7.01. The summed E-state index contributed by atoms with van der Waals surface area (Å²) in [4.78, 5) is 13.7. The Balaban J connectivity index is 1.77. The highest BCUT2D eigenvalue weighted by molar-refractivity contribution is 5.79. The minimum atomic E-state index is -0.130. The lowest BCUT2D eigenvalue weighted by Gasteiger charge is -2.35. The molecule has 98 valence electrons. The Kier molecular flexibility index (Phi) is 4.80. The third-order valence-electron chi connectivity index (χ3n) is 4.23. The summed E-state index contributed by atoms with van der Waals surface area (Å²) in [6.07, 6.45) is 7.13. The van der Waals surface area contributed by atoms with Crippen LogP contribution in [0.4, 0.5) is 0 Å². The Hall–Kier alpha value is -0.610. The summed E-state index contributed by atoms with van der Waals surface area (Å²) in [5.41, 5.74) is 5.48. The Bertz CT molecular complexity index is 251. The summed E-state index contributed by atoms with van der Waals surface area (Å²) in [5.74, 6) is 0.710. The van der Waals surface area contributed by atoms with Crippen molar-refractivity contribution in [1.82, 2.24) is 10.2 Å². The van der Waals surface area contributed by atoms with Crippen LogP contribution in [0, 0.1) is 5.92 Å². The first-order chi connectivity index (χ1) is 8.27. The number of carbonyl (C=O) groups excluding carboxylic acids is 1. The van der Waals surface area contributed by atoms with Crippen molar-refractivity contribution < 1.29 is 4.79 Å². The zero-order chi connectivity index (χ0) is 12.1. The molecule has 0 aromatic heterocycles. The van der Waals surface area contributed by atoms with E-state index in [9.17, 15) is 4.79 Å². The quantitative estimate of drug-likeness (QED) is 0.760. The van der Waals surface area contributed by atoms with Crippen LogP contribution in [0.25, 0.3) is 0 Å². The second-order valence-corrected chi connectivity index (χ2v) is 5.43. The van der Waals surface area contributed by atoms with E-state index in [4.69, 9.17) is 5.73 Å². The second-order valence-electron chi connectivity index (χ2n) is 5.43. The maximum Gasteiger partial charge on any atom is 0.234 e. The SMILES string of the molecule is NC(=O)C1CCCCN1CCC1CCNCC1. The van der Waals surface area contributed by atoms with Gasteiger partial charge in [0.15, 0.2) is 0 Å². The van der Waals surface area contributed by atoms with E-state index in [1.807, 2.05) is 0 Å². The molecule has 1 amide bonds. The second kappa shape index (κ2) is 6.36. The molecule has 0 radical (unpaired) electrons. The van der Waals surface area contributed by atoms with Gasteiger partial charge in [-0.25, -0.2) is 0 Å². The van der Waals surface area contributed by atoms with E-state index in [1.54, 1.807) is 0 Å². The first kappa shape index (κ1) is 12.8. The van der Waals surface area contributed by atoms with Gasteiger partial charge in [-0.2, -0.15) is 0 Å². The number of nitrogens with zero attached hydrogens (tertiary/aromatic N) is 1. The Labute approximate surface area is 104 Å². The van der Waals surface area contributed by atoms with Gasteiger partial charge in [0, 0.05) is 0 Å². The topological polar surface area (TPSA) is 58.4 Å². The molecule has 0 aliphatic carbocycles. The molecule has 17 heavy (non-hydrogen) atoms. The molecular weight excluding hydrogens is 214 g/mol. The lowest BCUT2D eigenvalue weighted by atomic mass is 9.93. The Morgan fingerprint density at radius 2 is 2.00 bits per heavy atom. The van der Waals surface area contributed by atoms with Crippen LogP contribution in [0.1, 0.15) is 38.5 Å². The summed E-state index contributed by atoms with van der Waals surface area (Å²) in [6, 6.07) is 0.00506. The Morgan fingerprint density at radius 3 is 2.71 bits per heavy atom. The van der Waals surface area contributed by atoms with E-state index >= 15 is 0 Å². The summed E-state index contributed by atoms with van der Waals surface area (Å²) >= 11 is 0. The molecule has 0 spiro atoms. The maximum absolute atomic E-state index is 11.4. The fourth-order valence-corrected chi connectivity index (χ4v) is 3.10. The van der Waals surface area contributed by atoms with Gasteiger partial charge in [0.2, 0.25) is 5.91 Å². The third-order valence-corrected chi connectivity index (χ3v) is 4.23. The Morgan fingerprint density at radius 1 is 1.24 bits per heavy atom. The number of hydrogen-bond acceptors (Lipinski definition) is 3. The maximum atomic E-state index is 11.4. The third kappa shape index (κ3) is 3.68. The van der Waals surface area contributed by atoms with Crippen molar-refractivity contribution in [3.8, 4) is 0 Å². The molecule has 2 rings (SSSR count). The molecule has 4 nitrogen and oxygen atoms in total. The standard InChI is InChI=1S/C13H25N3O/c14-13(17)12-3-1-2-9-16(12)10-6-11-4-7-15-8-5-11/h11-12,15H,1-10H2,(H2,14,17). The van der Waals surface area contributed by atoms with Crippen LogP contribution < -0.4 is 11.1 Å². The number of rotatable bonds is 4. The van der Waals surface area contributed by atoms with Crippen molar-refractivity contribution in [2.45, 2.75) is 44.6 Å². The van der Waals surface area contributed by atoms with E-state index in [-0.39, 0.29) is 11.9 Å². The number of piperidine rings is 2. The number of nitrogens with one attached hydrogen (secondary N) is 1. The van der Waals surface area contributed by atoms with Gasteiger partial charge in [0.25, 0.3) is 0 Å². The van der Waals surface area contributed by atoms with Crippen molar-refractivity contribution in [3.63, 3.8) is 0 Å². The molecule has 3 N–H and O–H groups in total. The average molecular weight is 239 g/mol. The van der Waals surface area contributed by atoms with Crippen LogP contribution in [0.15, 0.2) is 0 Å². The van der Waals surface area contributed by atoms with Crippen LogP contribution in [0.5, 0.6) is 0 Å². The van der Waals surface area contributed by atoms with Gasteiger partial charge in [-0.3, -0.25) is 9.69 Å². The van der Waals surface area contributed by atoms with Crippen molar-refractivity contribution in [2.24, 2.45) is 11.7 Å². The van der Waals surface area contributed by atoms with Gasteiger partial charge in [-0.15, -0.1) is 0 Å². The zero-order valence-corrected chi connectivity index (χ0v) is 10.7. The van der Waals surface area contributed by atoms with Gasteiger partial charge >= 0.3 is 0 Å². The number of nitrogens with two attached hydrogens (primary N) is 1. The van der Waals surface area contributed by atoms with Crippen LogP contribution in [-0.4, -0.2) is 43.0 Å². The zero-order valence-electron chi connectivity index (χ0n) is 10.7. The number of amides is 1. The fourth-order valence-electron chi connectivity index (χ4n) is 3.10. The largest absolute Gasteiger partial charge is 0.368 e. The highest BCUT2D eigenvalue weighted by atomic mass is 16.1. The molecule has 2 aliphatic heterocycles. The van der Waals surface area contributed by atoms with Crippen molar-refractivity contribution in [1.29, 1.82) is 0 Å². The summed E-state index contributed by atoms with van der Waals surface area (Å²) in [7, 11) is 0. The molecule has 2 fully saturated rings. The average Bonchev–Trinajstić information content (AvgIpc) is 2.38.